The summed E-state index contributed by atoms with van der Waals surface area (Å²) < 4.78 is 32.1. The number of hydrogen-bond donors (Lipinski definition) is 0. The number of aromatic nitrogens is 8. The molecule has 0 unspecified atom stereocenters. The molecule has 2 radical (unpaired) electrons. The number of ether oxygens (including phenoxy) is 1. The predicted octanol–water partition coefficient (Wildman–Crippen LogP) is 11.6. The summed E-state index contributed by atoms with van der Waals surface area (Å²) in [5.41, 5.74) is 0.606. The van der Waals surface area contributed by atoms with Crippen LogP contribution in [-0.2, 0) is 47.8 Å². The number of carbonyl (C=O) groups is 1. The Morgan fingerprint density at radius 2 is 1.10 bits per heavy atom. The zero-order chi connectivity index (χ0) is 37.7. The average molecular weight is 1000 g/mol. The molecule has 284 valence electrons. The fourth-order valence-electron chi connectivity index (χ4n) is 2.15. The van der Waals surface area contributed by atoms with Gasteiger partial charge >= 0.3 is 0 Å². The van der Waals surface area contributed by atoms with Gasteiger partial charge < -0.3 is 34.3 Å². The molecular formula is C31H40Cl5F2IN8O2V2-2. The summed E-state index contributed by atoms with van der Waals surface area (Å²) in [4.78, 5) is 39.7. The van der Waals surface area contributed by atoms with Gasteiger partial charge in [-0.3, -0.25) is 9.22 Å². The summed E-state index contributed by atoms with van der Waals surface area (Å²) in [5, 5.41) is 1.44. The van der Waals surface area contributed by atoms with Gasteiger partial charge in [0.1, 0.15) is 73.9 Å². The zero-order valence-electron chi connectivity index (χ0n) is 28.1. The van der Waals surface area contributed by atoms with Crippen LogP contribution in [0.15, 0.2) is 56.2 Å². The SMILES string of the molecule is C.C=C(OCC)c1cc(Cl)ncn1.CC.CC(=O)c1cc(Cl)ncn1.CC(F)(F)c1cc(Cl)ncn1.C[CH-]I.Clc1cc(Cl)ncn1.[CH2-]C.[V].[V]. The van der Waals surface area contributed by atoms with Crippen LogP contribution in [0.2, 0.25) is 25.8 Å². The van der Waals surface area contributed by atoms with Crippen LogP contribution in [0.1, 0.15) is 77.8 Å². The molecule has 0 aliphatic heterocycles. The number of Topliss-reactive ketones (excluding diaryl/α,β-unsaturated/α-hetero) is 1. The van der Waals surface area contributed by atoms with Crippen LogP contribution in [0.25, 0.3) is 5.76 Å². The standard InChI is InChI=1S/C8H9ClN2O.C6H5ClF2N2.C6H5ClN2O.C4H2Cl2N2.C2H4I.C2H6.C2H5.CH4.2V/c1-3-12-6(2)7-4-8(9)11-5-10-7;1-6(8,9)4-2-5(7)11-3-10-4;1-4(10)5-2-6(7)9-3-8-5;5-3-1-4(6)8-2-7-3;1-2-3;2*1-2;;;/h4-5H,2-3H2,1H3;2-3H,1H3;2-3H,1H3;1-2H;2H,1H3;1-2H3;1H2,2H3;1H4;;/q;;;;-1;;-1;;;. The second-order valence-corrected chi connectivity index (χ2v) is 10.5. The molecule has 0 saturated carbocycles. The second-order valence-electron chi connectivity index (χ2n) is 7.36. The van der Waals surface area contributed by atoms with E-state index in [9.17, 15) is 13.6 Å². The third-order valence-electron chi connectivity index (χ3n) is 3.92. The van der Waals surface area contributed by atoms with Gasteiger partial charge in [-0.2, -0.15) is 22.6 Å². The summed E-state index contributed by atoms with van der Waals surface area (Å²) in [6, 6.07) is 5.56. The van der Waals surface area contributed by atoms with E-state index in [1.807, 2.05) is 32.1 Å². The Balaban J connectivity index is -0.000000123. The minimum absolute atomic E-state index is 0. The van der Waals surface area contributed by atoms with E-state index in [0.717, 1.165) is 19.3 Å². The largest absolute Gasteiger partial charge is 0.492 e. The molecule has 4 aromatic heterocycles. The maximum Gasteiger partial charge on any atom is 0.287 e. The molecule has 0 bridgehead atoms. The second kappa shape index (κ2) is 38.5. The van der Waals surface area contributed by atoms with Crippen molar-refractivity contribution < 1.29 is 55.4 Å². The molecule has 0 aromatic carbocycles. The fraction of sp³-hybridized carbons (Fsp3) is 0.323. The van der Waals surface area contributed by atoms with Crippen LogP contribution in [-0.4, -0.2) is 52.3 Å². The quantitative estimate of drug-likeness (QED) is 0.0626. The Bertz CT molecular complexity index is 1450. The van der Waals surface area contributed by atoms with Gasteiger partial charge in [0.2, 0.25) is 0 Å². The van der Waals surface area contributed by atoms with Gasteiger partial charge in [-0.1, -0.05) is 85.9 Å². The number of hydrogen-bond acceptors (Lipinski definition) is 10. The Morgan fingerprint density at radius 1 is 0.784 bits per heavy atom. The number of nitrogens with zero attached hydrogens (tertiary/aromatic N) is 8. The zero-order valence-corrected chi connectivity index (χ0v) is 36.9. The molecule has 20 heteroatoms. The minimum atomic E-state index is -2.95. The van der Waals surface area contributed by atoms with Crippen molar-refractivity contribution in [2.45, 2.75) is 61.8 Å². The first kappa shape index (κ1) is 61.8. The molecular weight excluding hydrogens is 960 g/mol. The van der Waals surface area contributed by atoms with E-state index in [0.29, 0.717) is 44.4 Å². The van der Waals surface area contributed by atoms with Crippen LogP contribution in [0.5, 0.6) is 0 Å². The maximum absolute atomic E-state index is 12.5. The molecule has 0 atom stereocenters. The summed E-state index contributed by atoms with van der Waals surface area (Å²) in [6.07, 6.45) is 4.96. The molecule has 51 heavy (non-hydrogen) atoms. The fourth-order valence-corrected chi connectivity index (χ4v) is 2.94. The van der Waals surface area contributed by atoms with E-state index in [1.54, 1.807) is 13.0 Å². The van der Waals surface area contributed by atoms with Crippen molar-refractivity contribution in [1.29, 1.82) is 0 Å². The van der Waals surface area contributed by atoms with E-state index >= 15 is 0 Å². The molecule has 0 N–H and O–H groups in total. The molecule has 0 amide bonds. The van der Waals surface area contributed by atoms with Crippen molar-refractivity contribution in [3.05, 3.63) is 110 Å². The van der Waals surface area contributed by atoms with Gasteiger partial charge in [-0.15, -0.1) is 0 Å². The van der Waals surface area contributed by atoms with E-state index in [1.165, 1.54) is 38.0 Å². The summed E-state index contributed by atoms with van der Waals surface area (Å²) in [6.45, 7) is 19.3. The van der Waals surface area contributed by atoms with Gasteiger partial charge in [0.15, 0.2) is 5.78 Å². The van der Waals surface area contributed by atoms with E-state index in [2.05, 4.69) is 76.0 Å². The number of ketones is 1. The number of halogens is 8. The van der Waals surface area contributed by atoms with E-state index < -0.39 is 5.92 Å². The smallest absolute Gasteiger partial charge is 0.287 e. The van der Waals surface area contributed by atoms with Crippen molar-refractivity contribution in [3.8, 4) is 0 Å². The Hall–Kier alpha value is -1.26. The first-order chi connectivity index (χ1) is 22.6. The van der Waals surface area contributed by atoms with Gasteiger partial charge in [0.25, 0.3) is 5.92 Å². The summed E-state index contributed by atoms with van der Waals surface area (Å²) in [7, 11) is 0. The molecule has 10 nitrogen and oxygen atoms in total. The molecule has 4 rings (SSSR count). The van der Waals surface area contributed by atoms with Gasteiger partial charge in [-0.25, -0.2) is 39.9 Å². The normalized spacial score (nSPS) is 8.63. The van der Waals surface area contributed by atoms with Crippen molar-refractivity contribution >= 4 is 92.1 Å². The number of alkyl halides is 2. The topological polar surface area (TPSA) is 129 Å². The monoisotopic (exact) mass is 998 g/mol. The van der Waals surface area contributed by atoms with Crippen molar-refractivity contribution in [1.82, 2.24) is 39.9 Å². The van der Waals surface area contributed by atoms with Gasteiger partial charge in [0.05, 0.1) is 6.61 Å². The molecule has 0 saturated heterocycles. The number of carbonyl (C=O) groups excluding carboxylic acids is 1. The first-order valence-corrected chi connectivity index (χ1v) is 16.6. The molecule has 0 fully saturated rings. The third-order valence-corrected chi connectivity index (χ3v) is 4.95. The first-order valence-electron chi connectivity index (χ1n) is 13.5. The molecule has 0 aliphatic rings. The molecule has 4 heterocycles. The predicted molar refractivity (Wildman–Crippen MR) is 207 cm³/mol. The van der Waals surface area contributed by atoms with Crippen LogP contribution in [0.3, 0.4) is 0 Å². The summed E-state index contributed by atoms with van der Waals surface area (Å²) in [5.74, 6) is -2.54. The third kappa shape index (κ3) is 34.3. The van der Waals surface area contributed by atoms with E-state index in [-0.39, 0.29) is 61.2 Å². The molecule has 0 spiro atoms. The van der Waals surface area contributed by atoms with E-state index in [4.69, 9.17) is 62.7 Å². The average Bonchev–Trinajstić information content (AvgIpc) is 3.04. The molecule has 4 aromatic rings. The van der Waals surface area contributed by atoms with Gasteiger partial charge in [-0.05, 0) is 6.92 Å². The Labute approximate surface area is 363 Å². The Kier molecular flexibility index (Phi) is 46.6. The minimum Gasteiger partial charge on any atom is -0.492 e. The Morgan fingerprint density at radius 3 is 1.35 bits per heavy atom. The van der Waals surface area contributed by atoms with Crippen molar-refractivity contribution in [2.24, 2.45) is 0 Å². The maximum atomic E-state index is 12.5. The number of rotatable bonds is 5. The summed E-state index contributed by atoms with van der Waals surface area (Å²) >= 11 is 29.5. The molecule has 0 aliphatic carbocycles. The van der Waals surface area contributed by atoms with Crippen LogP contribution in [0, 0.1) is 11.4 Å². The van der Waals surface area contributed by atoms with Gasteiger partial charge in [0, 0.05) is 75.2 Å². The van der Waals surface area contributed by atoms with Crippen molar-refractivity contribution in [3.63, 3.8) is 0 Å². The van der Waals surface area contributed by atoms with Crippen LogP contribution < -0.4 is 0 Å². The van der Waals surface area contributed by atoms with Crippen LogP contribution in [0.4, 0.5) is 8.78 Å². The van der Waals surface area contributed by atoms with Crippen molar-refractivity contribution in [2.75, 3.05) is 6.61 Å². The van der Waals surface area contributed by atoms with Crippen LogP contribution >= 0.6 is 80.6 Å².